The number of pyridine rings is 1. The summed E-state index contributed by atoms with van der Waals surface area (Å²) in [6.45, 7) is 1.79. The van der Waals surface area contributed by atoms with Crippen LogP contribution in [0.5, 0.6) is 0 Å². The molecular formula is C13H11ClF2N2. The predicted molar refractivity (Wildman–Crippen MR) is 67.6 cm³/mol. The molecule has 1 N–H and O–H groups in total. The average molecular weight is 269 g/mol. The first kappa shape index (κ1) is 12.8. The van der Waals surface area contributed by atoms with E-state index in [4.69, 9.17) is 11.6 Å². The van der Waals surface area contributed by atoms with Crippen LogP contribution < -0.4 is 5.32 Å². The van der Waals surface area contributed by atoms with Crippen molar-refractivity contribution in [1.82, 2.24) is 4.98 Å². The summed E-state index contributed by atoms with van der Waals surface area (Å²) in [5.74, 6) is -1.20. The van der Waals surface area contributed by atoms with Gasteiger partial charge in [-0.1, -0.05) is 11.6 Å². The van der Waals surface area contributed by atoms with Crippen LogP contribution in [0.15, 0.2) is 36.5 Å². The van der Waals surface area contributed by atoms with Gasteiger partial charge in [0.15, 0.2) is 5.15 Å². The van der Waals surface area contributed by atoms with Gasteiger partial charge < -0.3 is 5.32 Å². The first-order chi connectivity index (χ1) is 8.56. The lowest BCUT2D eigenvalue weighted by atomic mass is 10.1. The summed E-state index contributed by atoms with van der Waals surface area (Å²) in [6, 6.07) is 6.61. The molecule has 1 atom stereocenters. The fraction of sp³-hybridized carbons (Fsp3) is 0.154. The Bertz CT molecular complexity index is 540. The monoisotopic (exact) mass is 268 g/mol. The average Bonchev–Trinajstić information content (AvgIpc) is 2.31. The molecule has 0 fully saturated rings. The number of aromatic nitrogens is 1. The Labute approximate surface area is 109 Å². The second kappa shape index (κ2) is 5.31. The third kappa shape index (κ3) is 2.96. The van der Waals surface area contributed by atoms with Crippen LogP contribution in [0.25, 0.3) is 0 Å². The summed E-state index contributed by atoms with van der Waals surface area (Å²) in [4.78, 5) is 3.92. The Balaban J connectivity index is 2.22. The minimum atomic E-state index is -0.601. The third-order valence-electron chi connectivity index (χ3n) is 2.52. The minimum absolute atomic E-state index is 0.281. The van der Waals surface area contributed by atoms with Gasteiger partial charge in [-0.2, -0.15) is 0 Å². The molecule has 5 heteroatoms. The molecule has 94 valence electrons. The number of benzene rings is 1. The second-order valence-electron chi connectivity index (χ2n) is 3.91. The molecule has 2 rings (SSSR count). The number of halogens is 3. The van der Waals surface area contributed by atoms with Gasteiger partial charge in [0.1, 0.15) is 11.6 Å². The number of rotatable bonds is 3. The lowest BCUT2D eigenvalue weighted by molar-refractivity contribution is 0.577. The van der Waals surface area contributed by atoms with Crippen molar-refractivity contribution >= 4 is 17.3 Å². The van der Waals surface area contributed by atoms with Crippen molar-refractivity contribution in [3.05, 3.63) is 58.9 Å². The van der Waals surface area contributed by atoms with Crippen molar-refractivity contribution in [2.24, 2.45) is 0 Å². The Morgan fingerprint density at radius 3 is 2.50 bits per heavy atom. The van der Waals surface area contributed by atoms with E-state index in [9.17, 15) is 8.78 Å². The van der Waals surface area contributed by atoms with E-state index >= 15 is 0 Å². The highest BCUT2D eigenvalue weighted by Crippen LogP contribution is 2.24. The van der Waals surface area contributed by atoms with Crippen LogP contribution in [0.4, 0.5) is 14.5 Å². The highest BCUT2D eigenvalue weighted by atomic mass is 35.5. The van der Waals surface area contributed by atoms with E-state index in [0.717, 1.165) is 6.07 Å². The molecule has 0 saturated carbocycles. The number of anilines is 1. The molecule has 1 aromatic heterocycles. The summed E-state index contributed by atoms with van der Waals surface area (Å²) < 4.78 is 26.2. The fourth-order valence-corrected chi connectivity index (χ4v) is 1.81. The quantitative estimate of drug-likeness (QED) is 0.845. The van der Waals surface area contributed by atoms with E-state index in [-0.39, 0.29) is 6.04 Å². The Hall–Kier alpha value is -1.68. The van der Waals surface area contributed by atoms with Crippen LogP contribution in [0.2, 0.25) is 5.15 Å². The second-order valence-corrected chi connectivity index (χ2v) is 4.27. The van der Waals surface area contributed by atoms with Crippen LogP contribution in [-0.2, 0) is 0 Å². The van der Waals surface area contributed by atoms with Gasteiger partial charge in [-0.05, 0) is 36.8 Å². The van der Waals surface area contributed by atoms with Crippen molar-refractivity contribution in [2.45, 2.75) is 13.0 Å². The van der Waals surface area contributed by atoms with Gasteiger partial charge in [-0.25, -0.2) is 13.8 Å². The highest BCUT2D eigenvalue weighted by Gasteiger charge is 2.10. The zero-order valence-electron chi connectivity index (χ0n) is 9.62. The zero-order chi connectivity index (χ0) is 13.1. The van der Waals surface area contributed by atoms with E-state index < -0.39 is 11.6 Å². The van der Waals surface area contributed by atoms with E-state index in [1.165, 1.54) is 12.1 Å². The Morgan fingerprint density at radius 1 is 1.22 bits per heavy atom. The van der Waals surface area contributed by atoms with Gasteiger partial charge >= 0.3 is 0 Å². The molecule has 0 amide bonds. The summed E-state index contributed by atoms with van der Waals surface area (Å²) in [7, 11) is 0. The first-order valence-electron chi connectivity index (χ1n) is 5.39. The lowest BCUT2D eigenvalue weighted by Crippen LogP contribution is -2.08. The van der Waals surface area contributed by atoms with Crippen LogP contribution in [0, 0.1) is 11.6 Å². The van der Waals surface area contributed by atoms with Crippen LogP contribution >= 0.6 is 11.6 Å². The molecule has 2 aromatic rings. The maximum Gasteiger partial charge on any atom is 0.152 e. The molecule has 0 spiro atoms. The molecule has 0 bridgehead atoms. The van der Waals surface area contributed by atoms with Gasteiger partial charge in [0.2, 0.25) is 0 Å². The zero-order valence-corrected chi connectivity index (χ0v) is 10.4. The molecule has 0 saturated heterocycles. The van der Waals surface area contributed by atoms with Crippen LogP contribution in [0.3, 0.4) is 0 Å². The van der Waals surface area contributed by atoms with Gasteiger partial charge in [0.05, 0.1) is 5.69 Å². The van der Waals surface area contributed by atoms with Crippen molar-refractivity contribution in [3.63, 3.8) is 0 Å². The smallest absolute Gasteiger partial charge is 0.152 e. The van der Waals surface area contributed by atoms with Gasteiger partial charge in [-0.3, -0.25) is 0 Å². The maximum absolute atomic E-state index is 13.1. The normalized spacial score (nSPS) is 12.2. The van der Waals surface area contributed by atoms with Crippen molar-refractivity contribution in [3.8, 4) is 0 Å². The van der Waals surface area contributed by atoms with Crippen molar-refractivity contribution in [2.75, 3.05) is 5.32 Å². The Morgan fingerprint density at radius 2 is 1.89 bits per heavy atom. The SMILES string of the molecule is CC(Nc1cccnc1Cl)c1cc(F)cc(F)c1. The number of hydrogen-bond donors (Lipinski definition) is 1. The molecule has 0 aliphatic carbocycles. The Kier molecular flexibility index (Phi) is 3.77. The summed E-state index contributed by atoms with van der Waals surface area (Å²) >= 11 is 5.90. The summed E-state index contributed by atoms with van der Waals surface area (Å²) in [5, 5.41) is 3.37. The van der Waals surface area contributed by atoms with Crippen molar-refractivity contribution in [1.29, 1.82) is 0 Å². The predicted octanol–water partition coefficient (Wildman–Crippen LogP) is 4.19. The molecule has 0 radical (unpaired) electrons. The molecule has 0 aliphatic rings. The molecule has 18 heavy (non-hydrogen) atoms. The standard InChI is InChI=1S/C13H11ClF2N2/c1-8(9-5-10(15)7-11(16)6-9)18-12-3-2-4-17-13(12)14/h2-8,18H,1H3. The lowest BCUT2D eigenvalue weighted by Gasteiger charge is -2.16. The summed E-state index contributed by atoms with van der Waals surface area (Å²) in [6.07, 6.45) is 1.57. The van der Waals surface area contributed by atoms with E-state index in [1.54, 1.807) is 25.3 Å². The minimum Gasteiger partial charge on any atom is -0.376 e. The molecular weight excluding hydrogens is 258 g/mol. The first-order valence-corrected chi connectivity index (χ1v) is 5.77. The molecule has 1 aromatic carbocycles. The topological polar surface area (TPSA) is 24.9 Å². The highest BCUT2D eigenvalue weighted by molar-refractivity contribution is 6.31. The molecule has 1 heterocycles. The van der Waals surface area contributed by atoms with Crippen molar-refractivity contribution < 1.29 is 8.78 Å². The maximum atomic E-state index is 13.1. The van der Waals surface area contributed by atoms with Crippen LogP contribution in [-0.4, -0.2) is 4.98 Å². The fourth-order valence-electron chi connectivity index (χ4n) is 1.64. The molecule has 2 nitrogen and oxygen atoms in total. The summed E-state index contributed by atoms with van der Waals surface area (Å²) in [5.41, 5.74) is 1.13. The van der Waals surface area contributed by atoms with Gasteiger partial charge in [0, 0.05) is 18.3 Å². The van der Waals surface area contributed by atoms with Gasteiger partial charge in [-0.15, -0.1) is 0 Å². The third-order valence-corrected chi connectivity index (χ3v) is 2.82. The number of nitrogens with zero attached hydrogens (tertiary/aromatic N) is 1. The largest absolute Gasteiger partial charge is 0.376 e. The molecule has 0 aliphatic heterocycles. The van der Waals surface area contributed by atoms with E-state index in [2.05, 4.69) is 10.3 Å². The van der Waals surface area contributed by atoms with Crippen LogP contribution in [0.1, 0.15) is 18.5 Å². The number of hydrogen-bond acceptors (Lipinski definition) is 2. The molecule has 1 unspecified atom stereocenters. The van der Waals surface area contributed by atoms with Gasteiger partial charge in [0.25, 0.3) is 0 Å². The number of nitrogens with one attached hydrogen (secondary N) is 1. The van der Waals surface area contributed by atoms with E-state index in [0.29, 0.717) is 16.4 Å². The van der Waals surface area contributed by atoms with E-state index in [1.807, 2.05) is 0 Å².